The molecule has 0 aliphatic heterocycles. The van der Waals surface area contributed by atoms with Crippen LogP contribution in [0.25, 0.3) is 0 Å². The highest BCUT2D eigenvalue weighted by Crippen LogP contribution is 2.22. The lowest BCUT2D eigenvalue weighted by atomic mass is 10.1. The van der Waals surface area contributed by atoms with Crippen LogP contribution in [0.3, 0.4) is 0 Å². The molecule has 0 fully saturated rings. The van der Waals surface area contributed by atoms with Crippen LogP contribution in [-0.2, 0) is 6.42 Å². The molecule has 138 valence electrons. The van der Waals surface area contributed by atoms with Crippen LogP contribution < -0.4 is 10.6 Å². The van der Waals surface area contributed by atoms with E-state index in [0.717, 1.165) is 23.2 Å². The number of carbonyl (C=O) groups excluding carboxylic acids is 1. The Kier molecular flexibility index (Phi) is 5.45. The van der Waals surface area contributed by atoms with Crippen molar-refractivity contribution in [2.45, 2.75) is 27.2 Å². The Morgan fingerprint density at radius 1 is 1.07 bits per heavy atom. The van der Waals surface area contributed by atoms with Gasteiger partial charge in [-0.15, -0.1) is 0 Å². The Morgan fingerprint density at radius 3 is 2.52 bits per heavy atom. The largest absolute Gasteiger partial charge is 0.324 e. The molecule has 1 heterocycles. The average molecular weight is 364 g/mol. The van der Waals surface area contributed by atoms with Crippen LogP contribution in [0.4, 0.5) is 21.7 Å². The first-order valence-corrected chi connectivity index (χ1v) is 8.74. The minimum atomic E-state index is -0.323. The third-order valence-electron chi connectivity index (χ3n) is 4.17. The van der Waals surface area contributed by atoms with E-state index < -0.39 is 0 Å². The number of anilines is 3. The molecular weight excluding hydrogens is 343 g/mol. The van der Waals surface area contributed by atoms with Crippen molar-refractivity contribution in [2.75, 3.05) is 10.6 Å². The molecule has 27 heavy (non-hydrogen) atoms. The van der Waals surface area contributed by atoms with E-state index in [1.54, 1.807) is 25.1 Å². The van der Waals surface area contributed by atoms with Crippen LogP contribution in [-0.4, -0.2) is 15.9 Å². The number of halogens is 1. The lowest BCUT2D eigenvalue weighted by molar-refractivity contribution is 0.102. The molecule has 0 radical (unpaired) electrons. The smallest absolute Gasteiger partial charge is 0.274 e. The second kappa shape index (κ2) is 7.95. The Bertz CT molecular complexity index is 970. The summed E-state index contributed by atoms with van der Waals surface area (Å²) in [7, 11) is 0. The third kappa shape index (κ3) is 4.47. The summed E-state index contributed by atoms with van der Waals surface area (Å²) in [5.41, 5.74) is 4.43. The molecule has 3 aromatic rings. The monoisotopic (exact) mass is 364 g/mol. The predicted octanol–water partition coefficient (Wildman–Crippen LogP) is 4.79. The molecule has 0 aliphatic rings. The number of hydrogen-bond acceptors (Lipinski definition) is 4. The third-order valence-corrected chi connectivity index (χ3v) is 4.17. The summed E-state index contributed by atoms with van der Waals surface area (Å²) < 4.78 is 13.0. The van der Waals surface area contributed by atoms with Crippen LogP contribution in [0.1, 0.15) is 34.2 Å². The fraction of sp³-hybridized carbons (Fsp3) is 0.190. The van der Waals surface area contributed by atoms with Crippen molar-refractivity contribution in [3.05, 3.63) is 76.9 Å². The van der Waals surface area contributed by atoms with E-state index >= 15 is 0 Å². The van der Waals surface area contributed by atoms with Crippen molar-refractivity contribution in [1.29, 1.82) is 0 Å². The van der Waals surface area contributed by atoms with Crippen molar-refractivity contribution in [3.8, 4) is 0 Å². The Morgan fingerprint density at radius 2 is 1.81 bits per heavy atom. The van der Waals surface area contributed by atoms with Gasteiger partial charge in [0.2, 0.25) is 5.95 Å². The van der Waals surface area contributed by atoms with Gasteiger partial charge in [-0.25, -0.2) is 14.4 Å². The molecule has 3 rings (SSSR count). The topological polar surface area (TPSA) is 66.9 Å². The minimum absolute atomic E-state index is 0.261. The maximum Gasteiger partial charge on any atom is 0.274 e. The Hall–Kier alpha value is -3.28. The standard InChI is InChI=1S/C21H21FN4O/c1-4-15-7-5-6-13(2)19(15)26-20(27)18-12-14(3)23-21(25-18)24-17-10-8-16(22)9-11-17/h5-12H,4H2,1-3H3,(H,26,27)(H,23,24,25). The van der Waals surface area contributed by atoms with Crippen LogP contribution in [0.5, 0.6) is 0 Å². The lowest BCUT2D eigenvalue weighted by Gasteiger charge is -2.13. The highest BCUT2D eigenvalue weighted by molar-refractivity contribution is 6.04. The summed E-state index contributed by atoms with van der Waals surface area (Å²) in [6, 6.07) is 13.4. The molecule has 0 atom stereocenters. The molecule has 0 saturated carbocycles. The van der Waals surface area contributed by atoms with Gasteiger partial charge in [-0.2, -0.15) is 0 Å². The van der Waals surface area contributed by atoms with Crippen LogP contribution in [0.15, 0.2) is 48.5 Å². The molecule has 1 aromatic heterocycles. The summed E-state index contributed by atoms with van der Waals surface area (Å²) >= 11 is 0. The van der Waals surface area contributed by atoms with Gasteiger partial charge in [-0.05, 0) is 61.7 Å². The Labute approximate surface area is 157 Å². The van der Waals surface area contributed by atoms with E-state index in [1.165, 1.54) is 12.1 Å². The number of nitrogens with zero attached hydrogens (tertiary/aromatic N) is 2. The fourth-order valence-corrected chi connectivity index (χ4v) is 2.78. The summed E-state index contributed by atoms with van der Waals surface area (Å²) in [6.45, 7) is 5.80. The fourth-order valence-electron chi connectivity index (χ4n) is 2.78. The number of rotatable bonds is 5. The van der Waals surface area contributed by atoms with Crippen molar-refractivity contribution in [1.82, 2.24) is 9.97 Å². The maximum absolute atomic E-state index is 13.0. The zero-order valence-electron chi connectivity index (χ0n) is 15.5. The molecule has 2 aromatic carbocycles. The number of benzene rings is 2. The molecule has 1 amide bonds. The van der Waals surface area contributed by atoms with Crippen LogP contribution in [0.2, 0.25) is 0 Å². The SMILES string of the molecule is CCc1cccc(C)c1NC(=O)c1cc(C)nc(Nc2ccc(F)cc2)n1. The average Bonchev–Trinajstić information content (AvgIpc) is 2.64. The van der Waals surface area contributed by atoms with Gasteiger partial charge < -0.3 is 10.6 Å². The van der Waals surface area contributed by atoms with Gasteiger partial charge >= 0.3 is 0 Å². The van der Waals surface area contributed by atoms with E-state index in [2.05, 4.69) is 20.6 Å². The van der Waals surface area contributed by atoms with Crippen molar-refractivity contribution < 1.29 is 9.18 Å². The maximum atomic E-state index is 13.0. The van der Waals surface area contributed by atoms with Crippen molar-refractivity contribution >= 4 is 23.2 Å². The normalized spacial score (nSPS) is 10.5. The van der Waals surface area contributed by atoms with Crippen molar-refractivity contribution in [2.24, 2.45) is 0 Å². The molecule has 5 nitrogen and oxygen atoms in total. The molecule has 6 heteroatoms. The highest BCUT2D eigenvalue weighted by atomic mass is 19.1. The minimum Gasteiger partial charge on any atom is -0.324 e. The molecule has 2 N–H and O–H groups in total. The summed E-state index contributed by atoms with van der Waals surface area (Å²) in [5, 5.41) is 5.96. The number of nitrogens with one attached hydrogen (secondary N) is 2. The van der Waals surface area contributed by atoms with Gasteiger partial charge in [-0.3, -0.25) is 4.79 Å². The molecule has 0 aliphatic carbocycles. The van der Waals surface area contributed by atoms with Gasteiger partial charge in [0.1, 0.15) is 11.5 Å². The first-order valence-electron chi connectivity index (χ1n) is 8.74. The molecule has 0 spiro atoms. The zero-order chi connectivity index (χ0) is 19.4. The first kappa shape index (κ1) is 18.5. The van der Waals surface area contributed by atoms with Crippen LogP contribution >= 0.6 is 0 Å². The summed E-state index contributed by atoms with van der Waals surface area (Å²) in [4.78, 5) is 21.4. The number of aryl methyl sites for hydroxylation is 3. The van der Waals surface area contributed by atoms with E-state index in [4.69, 9.17) is 0 Å². The quantitative estimate of drug-likeness (QED) is 0.683. The van der Waals surface area contributed by atoms with Crippen LogP contribution in [0, 0.1) is 19.7 Å². The molecule has 0 saturated heterocycles. The Balaban J connectivity index is 1.85. The number of hydrogen-bond donors (Lipinski definition) is 2. The number of carbonyl (C=O) groups is 1. The van der Waals surface area contributed by atoms with Gasteiger partial charge in [0.05, 0.1) is 0 Å². The lowest BCUT2D eigenvalue weighted by Crippen LogP contribution is -2.17. The molecule has 0 unspecified atom stereocenters. The van der Waals surface area contributed by atoms with Gasteiger partial charge in [0, 0.05) is 17.1 Å². The van der Waals surface area contributed by atoms with E-state index in [9.17, 15) is 9.18 Å². The van der Waals surface area contributed by atoms with Gasteiger partial charge in [0.25, 0.3) is 5.91 Å². The van der Waals surface area contributed by atoms with Crippen molar-refractivity contribution in [3.63, 3.8) is 0 Å². The van der Waals surface area contributed by atoms with E-state index in [-0.39, 0.29) is 23.4 Å². The second-order valence-corrected chi connectivity index (χ2v) is 6.27. The van der Waals surface area contributed by atoms with E-state index in [1.807, 2.05) is 32.0 Å². The predicted molar refractivity (Wildman–Crippen MR) is 105 cm³/mol. The second-order valence-electron chi connectivity index (χ2n) is 6.27. The number of para-hydroxylation sites is 1. The zero-order valence-corrected chi connectivity index (χ0v) is 15.5. The van der Waals surface area contributed by atoms with E-state index in [0.29, 0.717) is 11.4 Å². The summed E-state index contributed by atoms with van der Waals surface area (Å²) in [5.74, 6) is -0.338. The number of amides is 1. The molecular formula is C21H21FN4O. The van der Waals surface area contributed by atoms with Gasteiger partial charge in [-0.1, -0.05) is 25.1 Å². The first-order chi connectivity index (χ1) is 13.0. The van der Waals surface area contributed by atoms with Gasteiger partial charge in [0.15, 0.2) is 0 Å². The highest BCUT2D eigenvalue weighted by Gasteiger charge is 2.14. The summed E-state index contributed by atoms with van der Waals surface area (Å²) in [6.07, 6.45) is 0.817. The number of aromatic nitrogens is 2. The molecule has 0 bridgehead atoms.